The van der Waals surface area contributed by atoms with Gasteiger partial charge in [-0.15, -0.1) is 0 Å². The third-order valence-electron chi connectivity index (χ3n) is 4.21. The van der Waals surface area contributed by atoms with Crippen molar-refractivity contribution in [2.75, 3.05) is 37.6 Å². The van der Waals surface area contributed by atoms with Gasteiger partial charge in [-0.2, -0.15) is 0 Å². The van der Waals surface area contributed by atoms with Gasteiger partial charge < -0.3 is 10.0 Å². The molecule has 1 saturated heterocycles. The van der Waals surface area contributed by atoms with Crippen LogP contribution in [0.5, 0.6) is 0 Å². The van der Waals surface area contributed by atoms with Gasteiger partial charge in [-0.1, -0.05) is 39.0 Å². The van der Waals surface area contributed by atoms with Crippen molar-refractivity contribution in [2.24, 2.45) is 5.92 Å². The summed E-state index contributed by atoms with van der Waals surface area (Å²) >= 11 is 1.67. The van der Waals surface area contributed by atoms with E-state index >= 15 is 0 Å². The van der Waals surface area contributed by atoms with Crippen molar-refractivity contribution >= 4 is 16.5 Å². The van der Waals surface area contributed by atoms with Crippen LogP contribution in [-0.2, 0) is 6.61 Å². The molecule has 0 aromatic carbocycles. The molecule has 0 aliphatic carbocycles. The minimum atomic E-state index is 0.116. The van der Waals surface area contributed by atoms with Gasteiger partial charge in [0.25, 0.3) is 0 Å². The van der Waals surface area contributed by atoms with Crippen molar-refractivity contribution < 1.29 is 5.11 Å². The molecular weight excluding hydrogens is 282 g/mol. The Hall–Kier alpha value is -0.650. The van der Waals surface area contributed by atoms with Gasteiger partial charge in [0, 0.05) is 32.7 Å². The van der Waals surface area contributed by atoms with Crippen LogP contribution in [0.3, 0.4) is 0 Å². The van der Waals surface area contributed by atoms with E-state index in [0.717, 1.165) is 54.2 Å². The van der Waals surface area contributed by atoms with Crippen molar-refractivity contribution in [3.63, 3.8) is 0 Å². The largest absolute Gasteiger partial charge is 0.391 e. The van der Waals surface area contributed by atoms with Gasteiger partial charge in [-0.3, -0.25) is 4.90 Å². The minimum Gasteiger partial charge on any atom is -0.391 e. The van der Waals surface area contributed by atoms with E-state index in [-0.39, 0.29) is 6.61 Å². The molecule has 2 heterocycles. The fourth-order valence-corrected chi connectivity index (χ4v) is 3.91. The number of rotatable bonds is 6. The molecule has 1 unspecified atom stereocenters. The van der Waals surface area contributed by atoms with Gasteiger partial charge in [0.2, 0.25) is 0 Å². The molecule has 0 radical (unpaired) electrons. The van der Waals surface area contributed by atoms with Gasteiger partial charge >= 0.3 is 0 Å². The molecule has 2 rings (SSSR count). The molecule has 21 heavy (non-hydrogen) atoms. The van der Waals surface area contributed by atoms with Crippen LogP contribution in [0.15, 0.2) is 0 Å². The van der Waals surface area contributed by atoms with E-state index in [2.05, 4.69) is 37.5 Å². The molecule has 4 nitrogen and oxygen atoms in total. The van der Waals surface area contributed by atoms with E-state index in [1.165, 1.54) is 6.54 Å². The quantitative estimate of drug-likeness (QED) is 0.877. The van der Waals surface area contributed by atoms with Crippen molar-refractivity contribution in [3.8, 4) is 0 Å². The van der Waals surface area contributed by atoms with E-state index in [4.69, 9.17) is 4.98 Å². The number of aliphatic hydroxyl groups excluding tert-OH is 1. The van der Waals surface area contributed by atoms with Crippen molar-refractivity contribution in [1.29, 1.82) is 0 Å². The molecule has 0 spiro atoms. The lowest BCUT2D eigenvalue weighted by molar-refractivity contribution is 0.231. The summed E-state index contributed by atoms with van der Waals surface area (Å²) < 4.78 is 0. The number of nitrogens with zero attached hydrogens (tertiary/aromatic N) is 3. The maximum absolute atomic E-state index is 9.56. The summed E-state index contributed by atoms with van der Waals surface area (Å²) in [5, 5.41) is 10.7. The summed E-state index contributed by atoms with van der Waals surface area (Å²) in [5.74, 6) is 1.16. The van der Waals surface area contributed by atoms with E-state index in [1.54, 1.807) is 11.3 Å². The van der Waals surface area contributed by atoms with Gasteiger partial charge in [0.1, 0.15) is 0 Å². The zero-order valence-electron chi connectivity index (χ0n) is 13.8. The number of aliphatic hydroxyl groups is 1. The lowest BCUT2D eigenvalue weighted by Crippen LogP contribution is -2.47. The highest BCUT2D eigenvalue weighted by atomic mass is 32.1. The Morgan fingerprint density at radius 3 is 2.38 bits per heavy atom. The monoisotopic (exact) mass is 311 g/mol. The number of thiazole rings is 1. The van der Waals surface area contributed by atoms with Gasteiger partial charge in [0.05, 0.1) is 17.2 Å². The molecule has 5 heteroatoms. The summed E-state index contributed by atoms with van der Waals surface area (Å²) in [7, 11) is 0. The molecule has 1 fully saturated rings. The lowest BCUT2D eigenvalue weighted by atomic mass is 10.0. The average molecular weight is 311 g/mol. The Bertz CT molecular complexity index is 439. The molecule has 1 aromatic heterocycles. The summed E-state index contributed by atoms with van der Waals surface area (Å²) in [5.41, 5.74) is 1.10. The van der Waals surface area contributed by atoms with Crippen LogP contribution in [0, 0.1) is 5.92 Å². The lowest BCUT2D eigenvalue weighted by Gasteiger charge is -2.35. The Morgan fingerprint density at radius 2 is 1.86 bits per heavy atom. The van der Waals surface area contributed by atoms with Crippen molar-refractivity contribution in [2.45, 2.75) is 46.6 Å². The molecular formula is C16H29N3OS. The second-order valence-electron chi connectivity index (χ2n) is 6.45. The second-order valence-corrected chi connectivity index (χ2v) is 7.52. The van der Waals surface area contributed by atoms with Gasteiger partial charge in [-0.05, 0) is 18.3 Å². The fraction of sp³-hybridized carbons (Fsp3) is 0.812. The highest BCUT2D eigenvalue weighted by molar-refractivity contribution is 7.15. The fourth-order valence-electron chi connectivity index (χ4n) is 2.82. The standard InChI is InChI=1S/C16H29N3OS/c1-5-13(4)15-14(11-20)21-16(17-15)19-8-6-18(7-9-19)10-12(2)3/h12-13,20H,5-11H2,1-4H3. The zero-order valence-corrected chi connectivity index (χ0v) is 14.6. The third-order valence-corrected chi connectivity index (χ3v) is 5.32. The van der Waals surface area contributed by atoms with E-state index < -0.39 is 0 Å². The normalized spacial score (nSPS) is 18.5. The van der Waals surface area contributed by atoms with E-state index in [1.807, 2.05) is 0 Å². The first-order chi connectivity index (χ1) is 10.0. The summed E-state index contributed by atoms with van der Waals surface area (Å²) in [6, 6.07) is 0. The second kappa shape index (κ2) is 7.56. The summed E-state index contributed by atoms with van der Waals surface area (Å²) in [6.45, 7) is 14.6. The number of aromatic nitrogens is 1. The third kappa shape index (κ3) is 4.18. The molecule has 1 aliphatic rings. The number of hydrogen-bond donors (Lipinski definition) is 1. The van der Waals surface area contributed by atoms with Crippen LogP contribution in [0.2, 0.25) is 0 Å². The minimum absolute atomic E-state index is 0.116. The first-order valence-electron chi connectivity index (χ1n) is 8.12. The van der Waals surface area contributed by atoms with Crippen LogP contribution in [-0.4, -0.2) is 47.7 Å². The van der Waals surface area contributed by atoms with Gasteiger partial charge in [0.15, 0.2) is 5.13 Å². The van der Waals surface area contributed by atoms with Gasteiger partial charge in [-0.25, -0.2) is 4.98 Å². The van der Waals surface area contributed by atoms with Crippen molar-refractivity contribution in [1.82, 2.24) is 9.88 Å². The maximum atomic E-state index is 9.56. The van der Waals surface area contributed by atoms with Crippen LogP contribution in [0.25, 0.3) is 0 Å². The SMILES string of the molecule is CCC(C)c1nc(N2CCN(CC(C)C)CC2)sc1CO. The highest BCUT2D eigenvalue weighted by Gasteiger charge is 2.22. The van der Waals surface area contributed by atoms with E-state index in [9.17, 15) is 5.11 Å². The Kier molecular flexibility index (Phi) is 6.02. The first-order valence-corrected chi connectivity index (χ1v) is 8.94. The molecule has 1 atom stereocenters. The predicted molar refractivity (Wildman–Crippen MR) is 90.2 cm³/mol. The molecule has 0 bridgehead atoms. The number of piperazine rings is 1. The highest BCUT2D eigenvalue weighted by Crippen LogP contribution is 2.32. The van der Waals surface area contributed by atoms with Crippen LogP contribution < -0.4 is 4.90 Å². The number of hydrogen-bond acceptors (Lipinski definition) is 5. The molecule has 0 amide bonds. The number of anilines is 1. The zero-order chi connectivity index (χ0) is 15.4. The Morgan fingerprint density at radius 1 is 1.19 bits per heavy atom. The molecule has 1 aromatic rings. The smallest absolute Gasteiger partial charge is 0.185 e. The maximum Gasteiger partial charge on any atom is 0.185 e. The van der Waals surface area contributed by atoms with Crippen molar-refractivity contribution in [3.05, 3.63) is 10.6 Å². The average Bonchev–Trinajstić information content (AvgIpc) is 2.91. The Balaban J connectivity index is 2.02. The molecule has 1 aliphatic heterocycles. The molecule has 120 valence electrons. The predicted octanol–water partition coefficient (Wildman–Crippen LogP) is 2.93. The van der Waals surface area contributed by atoms with E-state index in [0.29, 0.717) is 5.92 Å². The Labute approximate surface area is 132 Å². The topological polar surface area (TPSA) is 39.6 Å². The molecule has 1 N–H and O–H groups in total. The molecule has 0 saturated carbocycles. The summed E-state index contributed by atoms with van der Waals surface area (Å²) in [6.07, 6.45) is 1.07. The van der Waals surface area contributed by atoms with Crippen LogP contribution in [0.4, 0.5) is 5.13 Å². The van der Waals surface area contributed by atoms with Crippen LogP contribution >= 0.6 is 11.3 Å². The summed E-state index contributed by atoms with van der Waals surface area (Å²) in [4.78, 5) is 10.8. The van der Waals surface area contributed by atoms with Crippen LogP contribution in [0.1, 0.15) is 50.6 Å². The first kappa shape index (κ1) is 16.7.